The highest BCUT2D eigenvalue weighted by Crippen LogP contribution is 2.23. The third kappa shape index (κ3) is 4.54. The van der Waals surface area contributed by atoms with Gasteiger partial charge >= 0.3 is 0 Å². The predicted octanol–water partition coefficient (Wildman–Crippen LogP) is 3.73. The summed E-state index contributed by atoms with van der Waals surface area (Å²) in [5, 5.41) is 20.8. The molecule has 1 aromatic rings. The summed E-state index contributed by atoms with van der Waals surface area (Å²) in [6, 6.07) is 6.28. The number of halogens is 1. The summed E-state index contributed by atoms with van der Waals surface area (Å²) >= 11 is 0. The summed E-state index contributed by atoms with van der Waals surface area (Å²) < 4.78 is 18.8. The quantitative estimate of drug-likeness (QED) is 0.373. The number of benzene rings is 1. The summed E-state index contributed by atoms with van der Waals surface area (Å²) in [7, 11) is 0. The van der Waals surface area contributed by atoms with Gasteiger partial charge in [0.1, 0.15) is 11.6 Å². The maximum absolute atomic E-state index is 13.2. The van der Waals surface area contributed by atoms with Gasteiger partial charge in [-0.1, -0.05) is 5.16 Å². The zero-order chi connectivity index (χ0) is 15.2. The molecular formula is C15H19FN2O2. The molecule has 0 aliphatic rings. The second-order valence-corrected chi connectivity index (χ2v) is 5.27. The lowest BCUT2D eigenvalue weighted by Crippen LogP contribution is -2.11. The van der Waals surface area contributed by atoms with Gasteiger partial charge < -0.3 is 9.94 Å². The minimum absolute atomic E-state index is 0.343. The lowest BCUT2D eigenvalue weighted by Gasteiger charge is -2.15. The van der Waals surface area contributed by atoms with Crippen LogP contribution in [0, 0.1) is 22.6 Å². The molecule has 0 aromatic heterocycles. The van der Waals surface area contributed by atoms with Crippen LogP contribution in [-0.2, 0) is 0 Å². The summed E-state index contributed by atoms with van der Waals surface area (Å²) in [5.41, 5.74) is 0.516. The Morgan fingerprint density at radius 2 is 2.20 bits per heavy atom. The van der Waals surface area contributed by atoms with Crippen molar-refractivity contribution in [2.24, 2.45) is 10.6 Å². The van der Waals surface area contributed by atoms with E-state index in [1.807, 2.05) is 13.8 Å². The number of ether oxygens (including phenoxy) is 1. The monoisotopic (exact) mass is 278 g/mol. The summed E-state index contributed by atoms with van der Waals surface area (Å²) in [6.45, 7) is 5.71. The first-order chi connectivity index (χ1) is 9.39. The zero-order valence-electron chi connectivity index (χ0n) is 12.0. The van der Waals surface area contributed by atoms with Gasteiger partial charge in [0.05, 0.1) is 23.8 Å². The van der Waals surface area contributed by atoms with Crippen molar-refractivity contribution < 1.29 is 14.3 Å². The van der Waals surface area contributed by atoms with Crippen LogP contribution in [0.3, 0.4) is 0 Å². The van der Waals surface area contributed by atoms with Crippen molar-refractivity contribution in [1.29, 1.82) is 5.26 Å². The normalized spacial score (nSPS) is 12.1. The molecule has 0 spiro atoms. The van der Waals surface area contributed by atoms with E-state index >= 15 is 0 Å². The average Bonchev–Trinajstić information content (AvgIpc) is 2.43. The zero-order valence-corrected chi connectivity index (χ0v) is 12.0. The summed E-state index contributed by atoms with van der Waals surface area (Å²) in [6.07, 6.45) is 1.38. The third-order valence-corrected chi connectivity index (χ3v) is 2.99. The number of nitrogens with zero attached hydrogens (tertiary/aromatic N) is 2. The van der Waals surface area contributed by atoms with E-state index in [9.17, 15) is 4.39 Å². The Bertz CT molecular complexity index is 533. The van der Waals surface area contributed by atoms with Crippen LogP contribution in [0.25, 0.3) is 0 Å². The molecule has 1 rings (SSSR count). The van der Waals surface area contributed by atoms with Crippen LogP contribution in [0.2, 0.25) is 0 Å². The van der Waals surface area contributed by atoms with Crippen LogP contribution in [0.5, 0.6) is 5.75 Å². The second kappa shape index (κ2) is 6.90. The van der Waals surface area contributed by atoms with E-state index in [4.69, 9.17) is 15.2 Å². The van der Waals surface area contributed by atoms with E-state index in [0.29, 0.717) is 36.5 Å². The molecule has 0 atom stereocenters. The smallest absolute Gasteiger partial charge is 0.131 e. The maximum Gasteiger partial charge on any atom is 0.131 e. The van der Waals surface area contributed by atoms with Crippen LogP contribution in [0.4, 0.5) is 4.39 Å². The Kier molecular flexibility index (Phi) is 5.51. The molecule has 0 aliphatic carbocycles. The first-order valence-corrected chi connectivity index (χ1v) is 6.42. The number of hydrogen-bond donors (Lipinski definition) is 1. The molecule has 0 amide bonds. The minimum atomic E-state index is -0.410. The van der Waals surface area contributed by atoms with E-state index in [-0.39, 0.29) is 0 Å². The van der Waals surface area contributed by atoms with Crippen LogP contribution >= 0.6 is 0 Å². The molecule has 20 heavy (non-hydrogen) atoms. The van der Waals surface area contributed by atoms with Crippen molar-refractivity contribution in [1.82, 2.24) is 0 Å². The molecule has 0 saturated heterocycles. The molecule has 1 N–H and O–H groups in total. The lowest BCUT2D eigenvalue weighted by molar-refractivity contribution is 0.282. The third-order valence-electron chi connectivity index (χ3n) is 2.99. The van der Waals surface area contributed by atoms with Crippen molar-refractivity contribution in [2.75, 3.05) is 6.61 Å². The van der Waals surface area contributed by atoms with Gasteiger partial charge in [0.25, 0.3) is 0 Å². The molecule has 1 aromatic carbocycles. The standard InChI is InChI=1S/C15H19FN2O2/c1-11(18-19)13-6-5-12(16)9-14(13)20-8-4-7-15(2,3)10-17/h5-6,9,19H,4,7-8H2,1-3H3. The van der Waals surface area contributed by atoms with E-state index in [1.54, 1.807) is 6.92 Å². The van der Waals surface area contributed by atoms with E-state index < -0.39 is 11.2 Å². The highest BCUT2D eigenvalue weighted by Gasteiger charge is 2.16. The lowest BCUT2D eigenvalue weighted by atomic mass is 9.90. The average molecular weight is 278 g/mol. The molecular weight excluding hydrogens is 259 g/mol. The molecule has 0 saturated carbocycles. The molecule has 0 aliphatic heterocycles. The van der Waals surface area contributed by atoms with E-state index in [0.717, 1.165) is 0 Å². The van der Waals surface area contributed by atoms with Gasteiger partial charge in [-0.3, -0.25) is 0 Å². The largest absolute Gasteiger partial charge is 0.493 e. The van der Waals surface area contributed by atoms with Crippen LogP contribution in [0.15, 0.2) is 23.4 Å². The van der Waals surface area contributed by atoms with Crippen LogP contribution < -0.4 is 4.74 Å². The van der Waals surface area contributed by atoms with Crippen LogP contribution in [-0.4, -0.2) is 17.5 Å². The number of oxime groups is 1. The first-order valence-electron chi connectivity index (χ1n) is 6.42. The highest BCUT2D eigenvalue weighted by molar-refractivity contribution is 6.00. The van der Waals surface area contributed by atoms with Crippen molar-refractivity contribution in [3.63, 3.8) is 0 Å². The highest BCUT2D eigenvalue weighted by atomic mass is 19.1. The Hall–Kier alpha value is -2.09. The van der Waals surface area contributed by atoms with Crippen molar-refractivity contribution in [3.05, 3.63) is 29.6 Å². The molecule has 5 heteroatoms. The second-order valence-electron chi connectivity index (χ2n) is 5.27. The number of nitriles is 1. The minimum Gasteiger partial charge on any atom is -0.493 e. The number of rotatable bonds is 6. The molecule has 0 bridgehead atoms. The Labute approximate surface area is 118 Å². The fourth-order valence-corrected chi connectivity index (χ4v) is 1.72. The van der Waals surface area contributed by atoms with Gasteiger partial charge in [-0.2, -0.15) is 5.26 Å². The Morgan fingerprint density at radius 3 is 2.80 bits per heavy atom. The Balaban J connectivity index is 2.69. The number of hydrogen-bond acceptors (Lipinski definition) is 4. The molecule has 108 valence electrons. The molecule has 0 fully saturated rings. The fraction of sp³-hybridized carbons (Fsp3) is 0.467. The topological polar surface area (TPSA) is 65.6 Å². The molecule has 4 nitrogen and oxygen atoms in total. The van der Waals surface area contributed by atoms with Gasteiger partial charge in [-0.15, -0.1) is 0 Å². The van der Waals surface area contributed by atoms with Gasteiger partial charge in [-0.25, -0.2) is 4.39 Å². The van der Waals surface area contributed by atoms with Gasteiger partial charge in [-0.05, 0) is 45.7 Å². The molecule has 0 radical (unpaired) electrons. The SMILES string of the molecule is CC(=NO)c1ccc(F)cc1OCCCC(C)(C)C#N. The van der Waals surface area contributed by atoms with Gasteiger partial charge in [0.2, 0.25) is 0 Å². The first kappa shape index (κ1) is 16.0. The van der Waals surface area contributed by atoms with E-state index in [2.05, 4.69) is 11.2 Å². The van der Waals surface area contributed by atoms with Gasteiger partial charge in [0, 0.05) is 11.6 Å². The van der Waals surface area contributed by atoms with Gasteiger partial charge in [0.15, 0.2) is 0 Å². The summed E-state index contributed by atoms with van der Waals surface area (Å²) in [5.74, 6) is -0.0677. The maximum atomic E-state index is 13.2. The summed E-state index contributed by atoms with van der Waals surface area (Å²) in [4.78, 5) is 0. The predicted molar refractivity (Wildman–Crippen MR) is 74.5 cm³/mol. The van der Waals surface area contributed by atoms with Crippen molar-refractivity contribution in [3.8, 4) is 11.8 Å². The molecule has 0 heterocycles. The van der Waals surface area contributed by atoms with Crippen molar-refractivity contribution in [2.45, 2.75) is 33.6 Å². The fourth-order valence-electron chi connectivity index (χ4n) is 1.72. The van der Waals surface area contributed by atoms with E-state index in [1.165, 1.54) is 18.2 Å². The molecule has 0 unspecified atom stereocenters. The van der Waals surface area contributed by atoms with Crippen molar-refractivity contribution >= 4 is 5.71 Å². The van der Waals surface area contributed by atoms with Crippen LogP contribution in [0.1, 0.15) is 39.2 Å². The Morgan fingerprint density at radius 1 is 1.50 bits per heavy atom.